The van der Waals surface area contributed by atoms with Crippen molar-refractivity contribution in [1.82, 2.24) is 4.90 Å². The summed E-state index contributed by atoms with van der Waals surface area (Å²) in [5.74, 6) is 0. The first-order valence-electron chi connectivity index (χ1n) is 4.89. The van der Waals surface area contributed by atoms with Gasteiger partial charge in [-0.3, -0.25) is 4.90 Å². The lowest BCUT2D eigenvalue weighted by molar-refractivity contribution is 0.154. The van der Waals surface area contributed by atoms with Crippen molar-refractivity contribution in [2.45, 2.75) is 19.5 Å². The van der Waals surface area contributed by atoms with Crippen molar-refractivity contribution in [3.8, 4) is 0 Å². The zero-order valence-electron chi connectivity index (χ0n) is 9.07. The second kappa shape index (κ2) is 5.35. The van der Waals surface area contributed by atoms with Crippen LogP contribution in [0.1, 0.15) is 12.5 Å². The van der Waals surface area contributed by atoms with Crippen LogP contribution in [0.3, 0.4) is 0 Å². The van der Waals surface area contributed by atoms with Gasteiger partial charge in [-0.1, -0.05) is 11.6 Å². The first-order chi connectivity index (χ1) is 7.04. The van der Waals surface area contributed by atoms with E-state index in [9.17, 15) is 0 Å². The molecular weight excluding hydrogens is 212 g/mol. The number of aliphatic hydroxyl groups is 1. The van der Waals surface area contributed by atoms with Crippen molar-refractivity contribution in [2.24, 2.45) is 0 Å². The first kappa shape index (κ1) is 12.3. The Morgan fingerprint density at radius 1 is 1.53 bits per heavy atom. The smallest absolute Gasteiger partial charge is 0.0584 e. The number of hydrogen-bond donors (Lipinski definition) is 2. The Bertz CT molecular complexity index is 330. The lowest BCUT2D eigenvalue weighted by Crippen LogP contribution is -2.31. The maximum atomic E-state index is 9.01. The predicted molar refractivity (Wildman–Crippen MR) is 63.9 cm³/mol. The molecule has 1 aromatic rings. The molecule has 0 radical (unpaired) electrons. The fraction of sp³-hybridized carbons (Fsp3) is 0.455. The number of rotatable bonds is 4. The topological polar surface area (TPSA) is 49.5 Å². The van der Waals surface area contributed by atoms with E-state index in [0.717, 1.165) is 5.56 Å². The fourth-order valence-corrected chi connectivity index (χ4v) is 1.46. The van der Waals surface area contributed by atoms with E-state index in [0.29, 0.717) is 17.3 Å². The molecule has 0 saturated carbocycles. The number of halogens is 1. The van der Waals surface area contributed by atoms with Crippen LogP contribution in [0.25, 0.3) is 0 Å². The third kappa shape index (κ3) is 3.38. The van der Waals surface area contributed by atoms with Crippen LogP contribution in [-0.2, 0) is 6.54 Å². The molecular formula is C11H17ClN2O. The lowest BCUT2D eigenvalue weighted by atomic mass is 10.1. The van der Waals surface area contributed by atoms with Gasteiger partial charge in [-0.2, -0.15) is 0 Å². The normalized spacial score (nSPS) is 13.1. The fourth-order valence-electron chi connectivity index (χ4n) is 1.28. The minimum Gasteiger partial charge on any atom is -0.399 e. The summed E-state index contributed by atoms with van der Waals surface area (Å²) in [7, 11) is 1.94. The molecule has 0 bridgehead atoms. The van der Waals surface area contributed by atoms with Crippen LogP contribution >= 0.6 is 11.6 Å². The van der Waals surface area contributed by atoms with Gasteiger partial charge in [-0.05, 0) is 37.7 Å². The molecule has 1 unspecified atom stereocenters. The van der Waals surface area contributed by atoms with E-state index in [2.05, 4.69) is 0 Å². The van der Waals surface area contributed by atoms with E-state index in [1.165, 1.54) is 0 Å². The monoisotopic (exact) mass is 228 g/mol. The van der Waals surface area contributed by atoms with Gasteiger partial charge in [0.15, 0.2) is 0 Å². The first-order valence-corrected chi connectivity index (χ1v) is 5.27. The van der Waals surface area contributed by atoms with Crippen LogP contribution in [-0.4, -0.2) is 29.7 Å². The second-order valence-corrected chi connectivity index (χ2v) is 4.20. The predicted octanol–water partition coefficient (Wildman–Crippen LogP) is 1.73. The van der Waals surface area contributed by atoms with Gasteiger partial charge in [-0.25, -0.2) is 0 Å². The molecule has 3 nitrogen and oxygen atoms in total. The van der Waals surface area contributed by atoms with Crippen molar-refractivity contribution >= 4 is 17.3 Å². The molecule has 0 aliphatic carbocycles. The lowest BCUT2D eigenvalue weighted by Gasteiger charge is -2.23. The summed E-state index contributed by atoms with van der Waals surface area (Å²) in [6.07, 6.45) is 0. The maximum absolute atomic E-state index is 9.01. The quantitative estimate of drug-likeness (QED) is 0.772. The van der Waals surface area contributed by atoms with Gasteiger partial charge in [0.25, 0.3) is 0 Å². The Morgan fingerprint density at radius 3 is 2.80 bits per heavy atom. The Kier molecular flexibility index (Phi) is 4.39. The van der Waals surface area contributed by atoms with Crippen LogP contribution in [0, 0.1) is 0 Å². The highest BCUT2D eigenvalue weighted by molar-refractivity contribution is 6.31. The van der Waals surface area contributed by atoms with Crippen molar-refractivity contribution < 1.29 is 5.11 Å². The van der Waals surface area contributed by atoms with Crippen molar-refractivity contribution in [3.05, 3.63) is 28.8 Å². The van der Waals surface area contributed by atoms with E-state index in [1.807, 2.05) is 24.9 Å². The molecule has 1 aromatic carbocycles. The largest absolute Gasteiger partial charge is 0.399 e. The van der Waals surface area contributed by atoms with Gasteiger partial charge in [0.2, 0.25) is 0 Å². The van der Waals surface area contributed by atoms with E-state index in [4.69, 9.17) is 22.4 Å². The molecule has 3 N–H and O–H groups in total. The molecule has 0 heterocycles. The molecule has 0 aliphatic rings. The van der Waals surface area contributed by atoms with Crippen molar-refractivity contribution in [3.63, 3.8) is 0 Å². The number of likely N-dealkylation sites (N-methyl/N-ethyl adjacent to an activating group) is 1. The van der Waals surface area contributed by atoms with E-state index >= 15 is 0 Å². The number of nitrogens with zero attached hydrogens (tertiary/aromatic N) is 1. The SMILES string of the molecule is CC(CO)N(C)Cc1cc(N)ccc1Cl. The standard InChI is InChI=1S/C11H17ClN2O/c1-8(7-15)14(2)6-9-5-10(13)3-4-11(9)12/h3-5,8,15H,6-7,13H2,1-2H3. The molecule has 84 valence electrons. The summed E-state index contributed by atoms with van der Waals surface area (Å²) in [5.41, 5.74) is 7.38. The zero-order valence-corrected chi connectivity index (χ0v) is 9.83. The molecule has 0 saturated heterocycles. The molecule has 1 rings (SSSR count). The second-order valence-electron chi connectivity index (χ2n) is 3.80. The van der Waals surface area contributed by atoms with E-state index in [1.54, 1.807) is 12.1 Å². The average Bonchev–Trinajstić information content (AvgIpc) is 2.22. The summed E-state index contributed by atoms with van der Waals surface area (Å²) >= 11 is 6.04. The molecule has 0 aromatic heterocycles. The van der Waals surface area contributed by atoms with Crippen LogP contribution in [0.15, 0.2) is 18.2 Å². The summed E-state index contributed by atoms with van der Waals surface area (Å²) < 4.78 is 0. The minimum atomic E-state index is 0.113. The van der Waals surface area contributed by atoms with Crippen molar-refractivity contribution in [1.29, 1.82) is 0 Å². The summed E-state index contributed by atoms with van der Waals surface area (Å²) in [6.45, 7) is 2.78. The highest BCUT2D eigenvalue weighted by atomic mass is 35.5. The summed E-state index contributed by atoms with van der Waals surface area (Å²) in [5, 5.41) is 9.72. The zero-order chi connectivity index (χ0) is 11.4. The van der Waals surface area contributed by atoms with Gasteiger partial charge >= 0.3 is 0 Å². The highest BCUT2D eigenvalue weighted by Gasteiger charge is 2.10. The molecule has 1 atom stereocenters. The molecule has 0 amide bonds. The highest BCUT2D eigenvalue weighted by Crippen LogP contribution is 2.20. The third-order valence-corrected chi connectivity index (χ3v) is 2.87. The van der Waals surface area contributed by atoms with Gasteiger partial charge < -0.3 is 10.8 Å². The number of nitrogen functional groups attached to an aromatic ring is 1. The number of nitrogens with two attached hydrogens (primary N) is 1. The van der Waals surface area contributed by atoms with Gasteiger partial charge in [0, 0.05) is 23.3 Å². The van der Waals surface area contributed by atoms with E-state index < -0.39 is 0 Å². The molecule has 0 aliphatic heterocycles. The molecule has 0 spiro atoms. The van der Waals surface area contributed by atoms with Gasteiger partial charge in [0.1, 0.15) is 0 Å². The minimum absolute atomic E-state index is 0.113. The summed E-state index contributed by atoms with van der Waals surface area (Å²) in [6, 6.07) is 5.55. The summed E-state index contributed by atoms with van der Waals surface area (Å²) in [4.78, 5) is 2.03. The molecule has 15 heavy (non-hydrogen) atoms. The number of hydrogen-bond acceptors (Lipinski definition) is 3. The van der Waals surface area contributed by atoms with Crippen molar-refractivity contribution in [2.75, 3.05) is 19.4 Å². The van der Waals surface area contributed by atoms with Crippen LogP contribution in [0.5, 0.6) is 0 Å². The Labute approximate surface area is 95.5 Å². The number of aliphatic hydroxyl groups excluding tert-OH is 1. The number of anilines is 1. The Hall–Kier alpha value is -0.770. The molecule has 4 heteroatoms. The van der Waals surface area contributed by atoms with Crippen LogP contribution < -0.4 is 5.73 Å². The van der Waals surface area contributed by atoms with Gasteiger partial charge in [-0.15, -0.1) is 0 Å². The Balaban J connectivity index is 2.75. The Morgan fingerprint density at radius 2 is 2.20 bits per heavy atom. The van der Waals surface area contributed by atoms with Gasteiger partial charge in [0.05, 0.1) is 6.61 Å². The van der Waals surface area contributed by atoms with Crippen LogP contribution in [0.4, 0.5) is 5.69 Å². The van der Waals surface area contributed by atoms with E-state index in [-0.39, 0.29) is 12.6 Å². The maximum Gasteiger partial charge on any atom is 0.0584 e. The molecule has 0 fully saturated rings. The number of benzene rings is 1. The average molecular weight is 229 g/mol. The third-order valence-electron chi connectivity index (χ3n) is 2.51. The van der Waals surface area contributed by atoms with Crippen LogP contribution in [0.2, 0.25) is 5.02 Å².